The van der Waals surface area contributed by atoms with Crippen molar-refractivity contribution in [3.8, 4) is 84.7 Å². The van der Waals surface area contributed by atoms with Crippen LogP contribution in [-0.2, 0) is 0 Å². The van der Waals surface area contributed by atoms with E-state index in [0.717, 1.165) is 50.1 Å². The van der Waals surface area contributed by atoms with Crippen LogP contribution in [0.5, 0.6) is 0 Å². The van der Waals surface area contributed by atoms with Gasteiger partial charge >= 0.3 is 0 Å². The largest absolute Gasteiger partial charge is 0.208 e. The highest BCUT2D eigenvalue weighted by Gasteiger charge is 2.18. The standard InChI is InChI=1S/C52H32N4S/c53-33-34-15-17-35(18-16-34)36-19-21-37(22-20-36)38-23-25-39(26-24-38)44-31-32-47-49(45-13-7-8-14-46(45)57-47)48(44)40-27-29-43(30-28-40)52-55-50(41-9-3-1-4-10-41)54-51(56-52)42-11-5-2-6-12-42/h1-32H. The molecular weight excluding hydrogens is 713 g/mol. The fourth-order valence-electron chi connectivity index (χ4n) is 7.52. The molecule has 266 valence electrons. The summed E-state index contributed by atoms with van der Waals surface area (Å²) in [6, 6.07) is 69.5. The predicted octanol–water partition coefficient (Wildman–Crippen LogP) is 13.8. The molecule has 2 aromatic heterocycles. The van der Waals surface area contributed by atoms with Gasteiger partial charge in [0.15, 0.2) is 17.5 Å². The first-order valence-electron chi connectivity index (χ1n) is 18.8. The molecule has 0 saturated heterocycles. The van der Waals surface area contributed by atoms with Gasteiger partial charge in [0, 0.05) is 36.9 Å². The van der Waals surface area contributed by atoms with Crippen LogP contribution in [0, 0.1) is 11.3 Å². The average Bonchev–Trinajstić information content (AvgIpc) is 3.68. The lowest BCUT2D eigenvalue weighted by Gasteiger charge is -2.14. The lowest BCUT2D eigenvalue weighted by atomic mass is 9.89. The van der Waals surface area contributed by atoms with Crippen LogP contribution in [0.15, 0.2) is 194 Å². The molecule has 4 nitrogen and oxygen atoms in total. The van der Waals surface area contributed by atoms with E-state index >= 15 is 0 Å². The summed E-state index contributed by atoms with van der Waals surface area (Å²) in [7, 11) is 0. The van der Waals surface area contributed by atoms with Crippen molar-refractivity contribution in [1.29, 1.82) is 5.26 Å². The quantitative estimate of drug-likeness (QED) is 0.163. The normalized spacial score (nSPS) is 11.1. The zero-order chi connectivity index (χ0) is 38.1. The number of nitrogens with zero attached hydrogens (tertiary/aromatic N) is 4. The highest BCUT2D eigenvalue weighted by molar-refractivity contribution is 7.26. The van der Waals surface area contributed by atoms with Crippen molar-refractivity contribution in [2.45, 2.75) is 0 Å². The van der Waals surface area contributed by atoms with Gasteiger partial charge in [0.1, 0.15) is 0 Å². The third-order valence-electron chi connectivity index (χ3n) is 10.4. The summed E-state index contributed by atoms with van der Waals surface area (Å²) in [5, 5.41) is 11.7. The Morgan fingerprint density at radius 1 is 0.351 bits per heavy atom. The predicted molar refractivity (Wildman–Crippen MR) is 235 cm³/mol. The molecule has 2 heterocycles. The zero-order valence-corrected chi connectivity index (χ0v) is 31.5. The van der Waals surface area contributed by atoms with Crippen LogP contribution in [0.25, 0.3) is 98.8 Å². The van der Waals surface area contributed by atoms with Crippen molar-refractivity contribution >= 4 is 31.5 Å². The minimum absolute atomic E-state index is 0.634. The number of rotatable bonds is 7. The van der Waals surface area contributed by atoms with Crippen LogP contribution < -0.4 is 0 Å². The van der Waals surface area contributed by atoms with Gasteiger partial charge in [-0.25, -0.2) is 15.0 Å². The third-order valence-corrected chi connectivity index (χ3v) is 11.6. The Hall–Kier alpha value is -7.52. The molecular formula is C52H32N4S. The Morgan fingerprint density at radius 3 is 1.30 bits per heavy atom. The number of thiophene rings is 1. The molecule has 0 aliphatic rings. The van der Waals surface area contributed by atoms with Crippen LogP contribution in [0.3, 0.4) is 0 Å². The Balaban J connectivity index is 1.04. The first-order chi connectivity index (χ1) is 28.2. The molecule has 0 bridgehead atoms. The molecule has 10 rings (SSSR count). The molecule has 0 radical (unpaired) electrons. The summed E-state index contributed by atoms with van der Waals surface area (Å²) in [5.74, 6) is 1.92. The van der Waals surface area contributed by atoms with E-state index in [9.17, 15) is 5.26 Å². The molecule has 0 saturated carbocycles. The molecule has 0 atom stereocenters. The molecule has 10 aromatic rings. The van der Waals surface area contributed by atoms with E-state index in [2.05, 4.69) is 115 Å². The molecule has 5 heteroatoms. The van der Waals surface area contributed by atoms with Gasteiger partial charge in [0.05, 0.1) is 11.6 Å². The summed E-state index contributed by atoms with van der Waals surface area (Å²) in [6.07, 6.45) is 0. The molecule has 0 amide bonds. The smallest absolute Gasteiger partial charge is 0.164 e. The fourth-order valence-corrected chi connectivity index (χ4v) is 8.63. The minimum Gasteiger partial charge on any atom is -0.208 e. The topological polar surface area (TPSA) is 62.5 Å². The number of hydrogen-bond acceptors (Lipinski definition) is 5. The Labute approximate surface area is 334 Å². The second kappa shape index (κ2) is 14.6. The van der Waals surface area contributed by atoms with Gasteiger partial charge in [0.2, 0.25) is 0 Å². The molecule has 8 aromatic carbocycles. The Morgan fingerprint density at radius 2 is 0.772 bits per heavy atom. The molecule has 0 N–H and O–H groups in total. The molecule has 0 aliphatic heterocycles. The second-order valence-corrected chi connectivity index (χ2v) is 15.0. The molecule has 0 aliphatic carbocycles. The Kier molecular flexibility index (Phi) is 8.72. The second-order valence-electron chi connectivity index (χ2n) is 13.9. The monoisotopic (exact) mass is 744 g/mol. The maximum Gasteiger partial charge on any atom is 0.164 e. The van der Waals surface area contributed by atoms with Crippen LogP contribution in [-0.4, -0.2) is 15.0 Å². The third kappa shape index (κ3) is 6.55. The molecule has 57 heavy (non-hydrogen) atoms. The highest BCUT2D eigenvalue weighted by Crippen LogP contribution is 2.45. The average molecular weight is 745 g/mol. The fraction of sp³-hybridized carbons (Fsp3) is 0. The van der Waals surface area contributed by atoms with E-state index in [1.165, 1.54) is 31.3 Å². The highest BCUT2D eigenvalue weighted by atomic mass is 32.1. The van der Waals surface area contributed by atoms with E-state index < -0.39 is 0 Å². The summed E-state index contributed by atoms with van der Waals surface area (Å²) >= 11 is 1.83. The molecule has 0 fully saturated rings. The van der Waals surface area contributed by atoms with E-state index in [4.69, 9.17) is 15.0 Å². The lowest BCUT2D eigenvalue weighted by molar-refractivity contribution is 1.07. The van der Waals surface area contributed by atoms with Gasteiger partial charge in [-0.1, -0.05) is 170 Å². The van der Waals surface area contributed by atoms with Crippen molar-refractivity contribution in [2.75, 3.05) is 0 Å². The van der Waals surface area contributed by atoms with E-state index in [1.54, 1.807) is 0 Å². The van der Waals surface area contributed by atoms with Crippen molar-refractivity contribution in [1.82, 2.24) is 15.0 Å². The zero-order valence-electron chi connectivity index (χ0n) is 30.7. The van der Waals surface area contributed by atoms with Crippen LogP contribution >= 0.6 is 11.3 Å². The van der Waals surface area contributed by atoms with Gasteiger partial charge in [-0.15, -0.1) is 11.3 Å². The lowest BCUT2D eigenvalue weighted by Crippen LogP contribution is -2.00. The van der Waals surface area contributed by atoms with Crippen molar-refractivity contribution in [2.24, 2.45) is 0 Å². The number of aromatic nitrogens is 3. The number of nitriles is 1. The van der Waals surface area contributed by atoms with Crippen LogP contribution in [0.1, 0.15) is 5.56 Å². The Bertz CT molecular complexity index is 3020. The van der Waals surface area contributed by atoms with E-state index in [1.807, 2.05) is 96.3 Å². The van der Waals surface area contributed by atoms with Crippen molar-refractivity contribution in [3.05, 3.63) is 200 Å². The van der Waals surface area contributed by atoms with E-state index in [-0.39, 0.29) is 0 Å². The van der Waals surface area contributed by atoms with Crippen molar-refractivity contribution in [3.63, 3.8) is 0 Å². The maximum absolute atomic E-state index is 9.18. The minimum atomic E-state index is 0.634. The van der Waals surface area contributed by atoms with Gasteiger partial charge in [-0.05, 0) is 68.8 Å². The summed E-state index contributed by atoms with van der Waals surface area (Å²) in [6.45, 7) is 0. The summed E-state index contributed by atoms with van der Waals surface area (Å²) in [4.78, 5) is 14.8. The van der Waals surface area contributed by atoms with Gasteiger partial charge in [-0.3, -0.25) is 0 Å². The summed E-state index contributed by atoms with van der Waals surface area (Å²) < 4.78 is 2.53. The molecule has 0 unspecified atom stereocenters. The maximum atomic E-state index is 9.18. The van der Waals surface area contributed by atoms with E-state index in [0.29, 0.717) is 23.0 Å². The number of hydrogen-bond donors (Lipinski definition) is 0. The van der Waals surface area contributed by atoms with Gasteiger partial charge < -0.3 is 0 Å². The van der Waals surface area contributed by atoms with Crippen molar-refractivity contribution < 1.29 is 0 Å². The van der Waals surface area contributed by atoms with Crippen LogP contribution in [0.2, 0.25) is 0 Å². The van der Waals surface area contributed by atoms with Gasteiger partial charge in [-0.2, -0.15) is 5.26 Å². The number of fused-ring (bicyclic) bond motifs is 3. The first kappa shape index (κ1) is 34.0. The van der Waals surface area contributed by atoms with Crippen LogP contribution in [0.4, 0.5) is 0 Å². The first-order valence-corrected chi connectivity index (χ1v) is 19.6. The summed E-state index contributed by atoms with van der Waals surface area (Å²) in [5.41, 5.74) is 12.7. The van der Waals surface area contributed by atoms with Gasteiger partial charge in [0.25, 0.3) is 0 Å². The molecule has 0 spiro atoms. The SMILES string of the molecule is N#Cc1ccc(-c2ccc(-c3ccc(-c4ccc5sc6ccccc6c5c4-c4ccc(-c5nc(-c6ccccc6)nc(-c6ccccc6)n5)cc4)cc3)cc2)cc1. The number of benzene rings is 8.